The van der Waals surface area contributed by atoms with Gasteiger partial charge in [0.15, 0.2) is 0 Å². The molecule has 1 aliphatic rings. The Kier molecular flexibility index (Phi) is 4.39. The largest absolute Gasteiger partial charge is 0.330 e. The van der Waals surface area contributed by atoms with Crippen LogP contribution in [0.15, 0.2) is 0 Å². The quantitative estimate of drug-likeness (QED) is 0.754. The highest BCUT2D eigenvalue weighted by Gasteiger charge is 2.30. The van der Waals surface area contributed by atoms with Gasteiger partial charge in [-0.15, -0.1) is 0 Å². The van der Waals surface area contributed by atoms with Gasteiger partial charge in [0.05, 0.1) is 0 Å². The summed E-state index contributed by atoms with van der Waals surface area (Å²) in [4.78, 5) is 2.67. The first-order valence-electron chi connectivity index (χ1n) is 6.02. The van der Waals surface area contributed by atoms with Gasteiger partial charge in [-0.25, -0.2) is 0 Å². The summed E-state index contributed by atoms with van der Waals surface area (Å²) < 4.78 is 0. The topological polar surface area (TPSA) is 29.3 Å². The minimum atomic E-state index is 0.333. The monoisotopic (exact) mass is 198 g/mol. The molecule has 1 unspecified atom stereocenters. The van der Waals surface area contributed by atoms with Crippen molar-refractivity contribution < 1.29 is 0 Å². The molecule has 0 radical (unpaired) electrons. The summed E-state index contributed by atoms with van der Waals surface area (Å²) in [5, 5.41) is 0. The second-order valence-electron chi connectivity index (χ2n) is 5.44. The highest BCUT2D eigenvalue weighted by molar-refractivity contribution is 4.86. The van der Waals surface area contributed by atoms with Crippen LogP contribution in [0.2, 0.25) is 0 Å². The van der Waals surface area contributed by atoms with Crippen LogP contribution >= 0.6 is 0 Å². The van der Waals surface area contributed by atoms with Crippen molar-refractivity contribution in [1.82, 2.24) is 4.90 Å². The molecule has 1 rings (SSSR count). The summed E-state index contributed by atoms with van der Waals surface area (Å²) in [6.07, 6.45) is 6.61. The van der Waals surface area contributed by atoms with Gasteiger partial charge in [-0.3, -0.25) is 4.90 Å². The summed E-state index contributed by atoms with van der Waals surface area (Å²) in [5.41, 5.74) is 5.91. The highest BCUT2D eigenvalue weighted by Crippen LogP contribution is 2.27. The third-order valence-corrected chi connectivity index (χ3v) is 3.23. The van der Waals surface area contributed by atoms with Crippen LogP contribution < -0.4 is 5.73 Å². The zero-order valence-electron chi connectivity index (χ0n) is 10.1. The van der Waals surface area contributed by atoms with E-state index in [0.29, 0.717) is 5.54 Å². The van der Waals surface area contributed by atoms with Crippen LogP contribution in [0.4, 0.5) is 0 Å². The first kappa shape index (κ1) is 12.0. The fourth-order valence-corrected chi connectivity index (χ4v) is 2.54. The number of hydrogen-bond donors (Lipinski definition) is 1. The molecule has 1 saturated heterocycles. The molecule has 0 aliphatic carbocycles. The van der Waals surface area contributed by atoms with E-state index in [0.717, 1.165) is 12.6 Å². The van der Waals surface area contributed by atoms with E-state index < -0.39 is 0 Å². The van der Waals surface area contributed by atoms with Crippen molar-refractivity contribution in [3.63, 3.8) is 0 Å². The molecule has 1 aliphatic heterocycles. The van der Waals surface area contributed by atoms with E-state index in [-0.39, 0.29) is 0 Å². The average Bonchev–Trinajstić information content (AvgIpc) is 2.14. The predicted molar refractivity (Wildman–Crippen MR) is 62.4 cm³/mol. The summed E-state index contributed by atoms with van der Waals surface area (Å²) in [6.45, 7) is 9.10. The molecule has 0 amide bonds. The lowest BCUT2D eigenvalue weighted by atomic mass is 9.92. The zero-order valence-corrected chi connectivity index (χ0v) is 10.1. The minimum Gasteiger partial charge on any atom is -0.330 e. The number of likely N-dealkylation sites (tertiary alicyclic amines) is 1. The summed E-state index contributed by atoms with van der Waals surface area (Å²) in [6, 6.07) is 0.785. The highest BCUT2D eigenvalue weighted by atomic mass is 15.2. The van der Waals surface area contributed by atoms with Crippen LogP contribution in [-0.2, 0) is 0 Å². The van der Waals surface area contributed by atoms with Crippen LogP contribution in [0, 0.1) is 0 Å². The van der Waals surface area contributed by atoms with Crippen molar-refractivity contribution in [2.75, 3.05) is 13.1 Å². The average molecular weight is 198 g/mol. The van der Waals surface area contributed by atoms with Crippen molar-refractivity contribution in [3.8, 4) is 0 Å². The summed E-state index contributed by atoms with van der Waals surface area (Å²) in [7, 11) is 0. The molecule has 0 aromatic rings. The van der Waals surface area contributed by atoms with E-state index in [4.69, 9.17) is 5.73 Å². The van der Waals surface area contributed by atoms with Crippen molar-refractivity contribution in [3.05, 3.63) is 0 Å². The molecule has 2 nitrogen and oxygen atoms in total. The Hall–Kier alpha value is -0.0800. The van der Waals surface area contributed by atoms with Crippen LogP contribution in [0.3, 0.4) is 0 Å². The number of hydrogen-bond acceptors (Lipinski definition) is 2. The Balaban J connectivity index is 2.50. The molecule has 0 aromatic heterocycles. The van der Waals surface area contributed by atoms with E-state index in [9.17, 15) is 0 Å². The van der Waals surface area contributed by atoms with Crippen molar-refractivity contribution in [2.24, 2.45) is 5.73 Å². The number of nitrogens with two attached hydrogens (primary N) is 1. The molecule has 1 heterocycles. The molecule has 1 fully saturated rings. The molecule has 84 valence electrons. The molecule has 0 saturated carbocycles. The fraction of sp³-hybridized carbons (Fsp3) is 1.00. The maximum Gasteiger partial charge on any atom is 0.0127 e. The minimum absolute atomic E-state index is 0.333. The number of nitrogens with zero attached hydrogens (tertiary/aromatic N) is 1. The van der Waals surface area contributed by atoms with Gasteiger partial charge in [0.2, 0.25) is 0 Å². The van der Waals surface area contributed by atoms with Crippen molar-refractivity contribution in [1.29, 1.82) is 0 Å². The molecule has 0 spiro atoms. The molecule has 2 N–H and O–H groups in total. The van der Waals surface area contributed by atoms with Gasteiger partial charge in [0.1, 0.15) is 0 Å². The second-order valence-corrected chi connectivity index (χ2v) is 5.44. The Morgan fingerprint density at radius 3 is 2.57 bits per heavy atom. The maximum atomic E-state index is 5.58. The molecular formula is C12H26N2. The standard InChI is InChI=1S/C12H26N2/c1-12(2,3)14-10-5-4-7-11(14)8-6-9-13/h11H,4-10,13H2,1-3H3. The molecular weight excluding hydrogens is 172 g/mol. The van der Waals surface area contributed by atoms with E-state index in [2.05, 4.69) is 25.7 Å². The number of piperidine rings is 1. The summed E-state index contributed by atoms with van der Waals surface area (Å²) in [5.74, 6) is 0. The fourth-order valence-electron chi connectivity index (χ4n) is 2.54. The normalized spacial score (nSPS) is 25.3. The number of rotatable bonds is 3. The van der Waals surface area contributed by atoms with Crippen molar-refractivity contribution >= 4 is 0 Å². The van der Waals surface area contributed by atoms with Gasteiger partial charge in [-0.2, -0.15) is 0 Å². The van der Waals surface area contributed by atoms with Crippen LogP contribution in [-0.4, -0.2) is 29.6 Å². The third kappa shape index (κ3) is 3.25. The SMILES string of the molecule is CC(C)(C)N1CCCCC1CCCN. The first-order valence-corrected chi connectivity index (χ1v) is 6.02. The molecule has 14 heavy (non-hydrogen) atoms. The Morgan fingerprint density at radius 2 is 2.00 bits per heavy atom. The van der Waals surface area contributed by atoms with Gasteiger partial charge in [-0.1, -0.05) is 6.42 Å². The second kappa shape index (κ2) is 5.13. The lowest BCUT2D eigenvalue weighted by Crippen LogP contribution is -2.50. The lowest BCUT2D eigenvalue weighted by molar-refractivity contribution is 0.0465. The Morgan fingerprint density at radius 1 is 1.29 bits per heavy atom. The van der Waals surface area contributed by atoms with Gasteiger partial charge < -0.3 is 5.73 Å². The van der Waals surface area contributed by atoms with Crippen molar-refractivity contribution in [2.45, 2.75) is 64.5 Å². The van der Waals surface area contributed by atoms with E-state index in [1.54, 1.807) is 0 Å². The van der Waals surface area contributed by atoms with Gasteiger partial charge in [-0.05, 0) is 59.5 Å². The first-order chi connectivity index (χ1) is 6.55. The van der Waals surface area contributed by atoms with Crippen LogP contribution in [0.1, 0.15) is 52.9 Å². The Labute approximate surface area is 88.8 Å². The zero-order chi connectivity index (χ0) is 10.6. The third-order valence-electron chi connectivity index (χ3n) is 3.23. The molecule has 2 heteroatoms. The van der Waals surface area contributed by atoms with Gasteiger partial charge in [0, 0.05) is 11.6 Å². The van der Waals surface area contributed by atoms with Crippen LogP contribution in [0.25, 0.3) is 0 Å². The molecule has 1 atom stereocenters. The van der Waals surface area contributed by atoms with E-state index >= 15 is 0 Å². The molecule has 0 aromatic carbocycles. The van der Waals surface area contributed by atoms with E-state index in [1.165, 1.54) is 38.6 Å². The molecule has 0 bridgehead atoms. The lowest BCUT2D eigenvalue weighted by Gasteiger charge is -2.44. The predicted octanol–water partition coefficient (Wildman–Crippen LogP) is 2.38. The van der Waals surface area contributed by atoms with Gasteiger partial charge >= 0.3 is 0 Å². The van der Waals surface area contributed by atoms with E-state index in [1.807, 2.05) is 0 Å². The van der Waals surface area contributed by atoms with Crippen LogP contribution in [0.5, 0.6) is 0 Å². The van der Waals surface area contributed by atoms with Gasteiger partial charge in [0.25, 0.3) is 0 Å². The Bertz CT molecular complexity index is 160. The maximum absolute atomic E-state index is 5.58. The summed E-state index contributed by atoms with van der Waals surface area (Å²) >= 11 is 0. The smallest absolute Gasteiger partial charge is 0.0127 e.